The number of phenolic OH excluding ortho intramolecular Hbond substituents is 2. The van der Waals surface area contributed by atoms with Gasteiger partial charge in [0.05, 0.1) is 0 Å². The Morgan fingerprint density at radius 1 is 0.833 bits per heavy atom. The number of fused-ring (bicyclic) bond motifs is 2. The van der Waals surface area contributed by atoms with Crippen LogP contribution in [0.4, 0.5) is 0 Å². The van der Waals surface area contributed by atoms with Gasteiger partial charge in [0.25, 0.3) is 0 Å². The van der Waals surface area contributed by atoms with E-state index in [9.17, 15) is 15.0 Å². The summed E-state index contributed by atoms with van der Waals surface area (Å²) in [6, 6.07) is 14.8. The zero-order chi connectivity index (χ0) is 16.8. The van der Waals surface area contributed by atoms with E-state index >= 15 is 0 Å². The van der Waals surface area contributed by atoms with Gasteiger partial charge in [0.1, 0.15) is 22.8 Å². The maximum atomic E-state index is 11.7. The lowest BCUT2D eigenvalue weighted by atomic mass is 9.91. The van der Waals surface area contributed by atoms with E-state index in [4.69, 9.17) is 4.42 Å². The van der Waals surface area contributed by atoms with E-state index in [0.29, 0.717) is 11.3 Å². The minimum atomic E-state index is -0.140. The average molecular weight is 318 g/mol. The number of rotatable bonds is 1. The fraction of sp³-hybridized carbons (Fsp3) is 0.0500. The van der Waals surface area contributed by atoms with Crippen molar-refractivity contribution in [2.45, 2.75) is 6.92 Å². The molecule has 24 heavy (non-hydrogen) atoms. The molecule has 0 aromatic heterocycles. The zero-order valence-corrected chi connectivity index (χ0v) is 12.9. The Morgan fingerprint density at radius 3 is 2.33 bits per heavy atom. The first-order valence-corrected chi connectivity index (χ1v) is 7.52. The Labute approximate surface area is 137 Å². The molecule has 1 aliphatic heterocycles. The highest BCUT2D eigenvalue weighted by Gasteiger charge is 2.18. The lowest BCUT2D eigenvalue weighted by Crippen LogP contribution is -2.00. The molecule has 0 saturated carbocycles. The van der Waals surface area contributed by atoms with Crippen molar-refractivity contribution >= 4 is 11.0 Å². The fourth-order valence-electron chi connectivity index (χ4n) is 3.08. The van der Waals surface area contributed by atoms with Gasteiger partial charge >= 0.3 is 0 Å². The van der Waals surface area contributed by atoms with Crippen molar-refractivity contribution < 1.29 is 14.6 Å². The molecule has 2 aliphatic rings. The van der Waals surface area contributed by atoms with Crippen LogP contribution >= 0.6 is 0 Å². The maximum Gasteiger partial charge on any atom is 0.182 e. The van der Waals surface area contributed by atoms with Gasteiger partial charge in [-0.3, -0.25) is 4.79 Å². The lowest BCUT2D eigenvalue weighted by Gasteiger charge is -2.16. The molecule has 0 spiro atoms. The summed E-state index contributed by atoms with van der Waals surface area (Å²) in [6.07, 6.45) is 0. The van der Waals surface area contributed by atoms with Gasteiger partial charge in [-0.25, -0.2) is 0 Å². The largest absolute Gasteiger partial charge is 0.508 e. The normalized spacial score (nSPS) is 11.2. The van der Waals surface area contributed by atoms with Crippen LogP contribution in [0.3, 0.4) is 0 Å². The van der Waals surface area contributed by atoms with Gasteiger partial charge in [-0.1, -0.05) is 6.07 Å². The second kappa shape index (κ2) is 5.13. The van der Waals surface area contributed by atoms with E-state index in [1.807, 2.05) is 13.0 Å². The van der Waals surface area contributed by atoms with Gasteiger partial charge in [-0.15, -0.1) is 0 Å². The molecule has 118 valence electrons. The first kappa shape index (κ1) is 14.3. The summed E-state index contributed by atoms with van der Waals surface area (Å²) in [5, 5.41) is 20.3. The summed E-state index contributed by atoms with van der Waals surface area (Å²) in [4.78, 5) is 11.7. The number of aryl methyl sites for hydroxylation is 1. The van der Waals surface area contributed by atoms with E-state index in [1.54, 1.807) is 30.3 Å². The highest BCUT2D eigenvalue weighted by atomic mass is 16.3. The van der Waals surface area contributed by atoms with Crippen LogP contribution in [0.2, 0.25) is 0 Å². The van der Waals surface area contributed by atoms with Crippen molar-refractivity contribution in [2.24, 2.45) is 0 Å². The first-order valence-electron chi connectivity index (χ1n) is 7.52. The van der Waals surface area contributed by atoms with Crippen molar-refractivity contribution in [1.82, 2.24) is 0 Å². The van der Waals surface area contributed by atoms with Crippen LogP contribution in [0.5, 0.6) is 11.5 Å². The van der Waals surface area contributed by atoms with Crippen LogP contribution < -0.4 is 5.43 Å². The summed E-state index contributed by atoms with van der Waals surface area (Å²) in [7, 11) is 0. The summed E-state index contributed by atoms with van der Waals surface area (Å²) in [6.45, 7) is 1.92. The predicted octanol–water partition coefficient (Wildman–Crippen LogP) is 4.28. The standard InChI is InChI=1S/C20H14O4/c1-11-8-12(21)2-5-15(11)20-16-6-3-13(22)9-18(16)24-19-10-14(23)4-7-17(19)20/h2-10,21-22H,1H3. The van der Waals surface area contributed by atoms with Crippen molar-refractivity contribution in [1.29, 1.82) is 0 Å². The topological polar surface area (TPSA) is 70.7 Å². The molecule has 0 fully saturated rings. The minimum Gasteiger partial charge on any atom is -0.508 e. The highest BCUT2D eigenvalue weighted by Crippen LogP contribution is 2.42. The molecule has 1 aliphatic carbocycles. The maximum absolute atomic E-state index is 11.7. The molecule has 0 radical (unpaired) electrons. The van der Waals surface area contributed by atoms with Crippen LogP contribution in [0.15, 0.2) is 63.8 Å². The first-order chi connectivity index (χ1) is 11.5. The van der Waals surface area contributed by atoms with E-state index in [-0.39, 0.29) is 16.9 Å². The Balaban J connectivity index is 2.20. The zero-order valence-electron chi connectivity index (χ0n) is 12.9. The van der Waals surface area contributed by atoms with Crippen LogP contribution in [-0.4, -0.2) is 10.2 Å². The molecule has 0 saturated heterocycles. The fourth-order valence-corrected chi connectivity index (χ4v) is 3.08. The molecule has 0 bridgehead atoms. The Bertz CT molecular complexity index is 1110. The number of aromatic hydroxyl groups is 2. The molecule has 2 aromatic carbocycles. The monoisotopic (exact) mass is 318 g/mol. The Morgan fingerprint density at radius 2 is 1.54 bits per heavy atom. The number of benzene rings is 3. The van der Waals surface area contributed by atoms with Gasteiger partial charge in [0.15, 0.2) is 5.43 Å². The molecule has 4 nitrogen and oxygen atoms in total. The molecule has 4 heteroatoms. The van der Waals surface area contributed by atoms with Crippen LogP contribution in [0.25, 0.3) is 33.4 Å². The molecule has 1 heterocycles. The van der Waals surface area contributed by atoms with E-state index in [0.717, 1.165) is 27.6 Å². The third-order valence-electron chi connectivity index (χ3n) is 4.16. The molecule has 2 N–H and O–H groups in total. The summed E-state index contributed by atoms with van der Waals surface area (Å²) in [5.41, 5.74) is 3.91. The number of phenols is 2. The van der Waals surface area contributed by atoms with Crippen molar-refractivity contribution in [2.75, 3.05) is 0 Å². The Hall–Kier alpha value is -3.27. The molecule has 4 rings (SSSR count). The second-order valence-electron chi connectivity index (χ2n) is 5.81. The third-order valence-corrected chi connectivity index (χ3v) is 4.16. The van der Waals surface area contributed by atoms with Gasteiger partial charge in [-0.05, 0) is 54.4 Å². The molecule has 0 amide bonds. The molecule has 0 atom stereocenters. The molecular weight excluding hydrogens is 304 g/mol. The van der Waals surface area contributed by atoms with Crippen molar-refractivity contribution in [3.63, 3.8) is 0 Å². The number of hydrogen-bond acceptors (Lipinski definition) is 4. The summed E-state index contributed by atoms with van der Waals surface area (Å²) in [5.74, 6) is 0.755. The van der Waals surface area contributed by atoms with Gasteiger partial charge in [0.2, 0.25) is 0 Å². The Kier molecular flexibility index (Phi) is 3.06. The molecule has 2 aromatic rings. The molecule has 0 unspecified atom stereocenters. The second-order valence-corrected chi connectivity index (χ2v) is 5.81. The predicted molar refractivity (Wildman–Crippen MR) is 92.6 cm³/mol. The van der Waals surface area contributed by atoms with Crippen LogP contribution in [0, 0.1) is 6.92 Å². The van der Waals surface area contributed by atoms with E-state index in [2.05, 4.69) is 0 Å². The van der Waals surface area contributed by atoms with E-state index in [1.165, 1.54) is 18.2 Å². The van der Waals surface area contributed by atoms with Gasteiger partial charge in [-0.2, -0.15) is 0 Å². The average Bonchev–Trinajstić information content (AvgIpc) is 2.53. The van der Waals surface area contributed by atoms with Crippen LogP contribution in [0.1, 0.15) is 5.56 Å². The lowest BCUT2D eigenvalue weighted by molar-refractivity contribution is 0.474. The van der Waals surface area contributed by atoms with E-state index < -0.39 is 0 Å². The van der Waals surface area contributed by atoms with Crippen molar-refractivity contribution in [3.05, 3.63) is 70.4 Å². The van der Waals surface area contributed by atoms with Crippen molar-refractivity contribution in [3.8, 4) is 33.9 Å². The minimum absolute atomic E-state index is 0.0947. The third kappa shape index (κ3) is 2.20. The summed E-state index contributed by atoms with van der Waals surface area (Å²) < 4.78 is 5.82. The SMILES string of the molecule is Cc1cc(O)ccc1-c1c2ccc(=O)cc-2oc2cc(O)ccc12. The smallest absolute Gasteiger partial charge is 0.182 e. The quantitative estimate of drug-likeness (QED) is 0.514. The summed E-state index contributed by atoms with van der Waals surface area (Å²) >= 11 is 0. The van der Waals surface area contributed by atoms with Gasteiger partial charge in [0, 0.05) is 28.6 Å². The van der Waals surface area contributed by atoms with Crippen LogP contribution in [-0.2, 0) is 0 Å². The number of hydrogen-bond donors (Lipinski definition) is 2. The molecular formula is C20H14O4. The van der Waals surface area contributed by atoms with Gasteiger partial charge < -0.3 is 14.6 Å². The highest BCUT2D eigenvalue weighted by molar-refractivity contribution is 6.02.